The average molecular weight is 717 g/mol. The van der Waals surface area contributed by atoms with Gasteiger partial charge in [0.1, 0.15) is 0 Å². The van der Waals surface area contributed by atoms with Crippen molar-refractivity contribution in [2.45, 2.75) is 146 Å². The minimum atomic E-state index is -0.0502. The number of rotatable bonds is 34. The second-order valence-corrected chi connectivity index (χ2v) is 14.9. The van der Waals surface area contributed by atoms with Crippen LogP contribution in [0.2, 0.25) is 0 Å². The van der Waals surface area contributed by atoms with E-state index in [1.807, 2.05) is 11.8 Å². The Morgan fingerprint density at radius 2 is 1.08 bits per heavy atom. The molecule has 2 aliphatic rings. The van der Waals surface area contributed by atoms with Crippen molar-refractivity contribution in [3.05, 3.63) is 0 Å². The number of unbranched alkanes of at least 4 members (excludes halogenated alkanes) is 13. The Balaban J connectivity index is 1.20. The molecular formula is C36H68N4O6S2. The summed E-state index contributed by atoms with van der Waals surface area (Å²) < 4.78 is 16.7. The molecule has 0 aromatic carbocycles. The molecule has 4 N–H and O–H groups in total. The number of fused-ring (bicyclic) bond motifs is 1. The highest BCUT2D eigenvalue weighted by atomic mass is 32.2. The number of ether oxygens (including phenoxy) is 3. The van der Waals surface area contributed by atoms with E-state index in [-0.39, 0.29) is 29.9 Å². The fourth-order valence-corrected chi connectivity index (χ4v) is 7.91. The minimum Gasteiger partial charge on any atom is -0.379 e. The molecule has 0 radical (unpaired) electrons. The van der Waals surface area contributed by atoms with E-state index in [1.54, 1.807) is 0 Å². The first kappa shape index (κ1) is 43.0. The van der Waals surface area contributed by atoms with Gasteiger partial charge in [0.15, 0.2) is 0 Å². The topological polar surface area (TPSA) is 127 Å². The number of hydrogen-bond acceptors (Lipinski definition) is 8. The van der Waals surface area contributed by atoms with Crippen LogP contribution < -0.4 is 21.3 Å². The van der Waals surface area contributed by atoms with Gasteiger partial charge in [-0.2, -0.15) is 24.4 Å². The summed E-state index contributed by atoms with van der Waals surface area (Å²) in [6.07, 6.45) is 22.5. The van der Waals surface area contributed by atoms with Gasteiger partial charge >= 0.3 is 6.03 Å². The van der Waals surface area contributed by atoms with Crippen LogP contribution in [0, 0.1) is 0 Å². The molecule has 2 aliphatic heterocycles. The Morgan fingerprint density at radius 1 is 0.625 bits per heavy atom. The molecule has 0 saturated carbocycles. The number of hydrogen-bond donors (Lipinski definition) is 5. The molecule has 0 aliphatic carbocycles. The summed E-state index contributed by atoms with van der Waals surface area (Å²) in [7, 11) is 0. The van der Waals surface area contributed by atoms with Crippen molar-refractivity contribution in [3.8, 4) is 0 Å². The van der Waals surface area contributed by atoms with E-state index < -0.39 is 0 Å². The van der Waals surface area contributed by atoms with Gasteiger partial charge in [-0.15, -0.1) is 0 Å². The van der Waals surface area contributed by atoms with Crippen LogP contribution >= 0.6 is 24.4 Å². The second kappa shape index (κ2) is 30.6. The summed E-state index contributed by atoms with van der Waals surface area (Å²) in [5.41, 5.74) is 0. The predicted molar refractivity (Wildman–Crippen MR) is 200 cm³/mol. The van der Waals surface area contributed by atoms with Crippen LogP contribution in [0.3, 0.4) is 0 Å². The van der Waals surface area contributed by atoms with Crippen LogP contribution in [0.1, 0.15) is 128 Å². The van der Waals surface area contributed by atoms with E-state index in [0.29, 0.717) is 70.8 Å². The first-order chi connectivity index (χ1) is 23.6. The molecule has 4 amide bonds. The first-order valence-electron chi connectivity index (χ1n) is 19.2. The van der Waals surface area contributed by atoms with Crippen molar-refractivity contribution < 1.29 is 28.6 Å². The van der Waals surface area contributed by atoms with Gasteiger partial charge in [0.2, 0.25) is 11.8 Å². The van der Waals surface area contributed by atoms with Gasteiger partial charge in [0, 0.05) is 50.1 Å². The molecule has 0 unspecified atom stereocenters. The zero-order valence-corrected chi connectivity index (χ0v) is 31.5. The van der Waals surface area contributed by atoms with Gasteiger partial charge in [-0.25, -0.2) is 4.79 Å². The van der Waals surface area contributed by atoms with Crippen LogP contribution in [0.25, 0.3) is 0 Å². The lowest BCUT2D eigenvalue weighted by atomic mass is 10.0. The van der Waals surface area contributed by atoms with E-state index in [2.05, 4.69) is 33.9 Å². The summed E-state index contributed by atoms with van der Waals surface area (Å²) in [4.78, 5) is 35.5. The smallest absolute Gasteiger partial charge is 0.315 e. The maximum atomic E-state index is 12.1. The molecule has 2 heterocycles. The SMILES string of the molecule is O=C(CCCCCCCCCCCCCCCS)NCCCOCCOCCOCCCNC(=O)CCCC[C@@H]1SC[C@@H]2NC(=O)N[C@@H]21. The Labute approximate surface area is 301 Å². The molecule has 0 bridgehead atoms. The number of nitrogens with one attached hydrogen (secondary N) is 4. The van der Waals surface area contributed by atoms with Gasteiger partial charge in [-0.3, -0.25) is 9.59 Å². The van der Waals surface area contributed by atoms with E-state index in [0.717, 1.165) is 56.5 Å². The normalized spacial score (nSPS) is 18.4. The van der Waals surface area contributed by atoms with Crippen LogP contribution in [0.4, 0.5) is 4.79 Å². The average Bonchev–Trinajstić information content (AvgIpc) is 3.64. The molecule has 3 atom stereocenters. The number of thiol groups is 1. The number of carbonyl (C=O) groups excluding carboxylic acids is 3. The lowest BCUT2D eigenvalue weighted by Crippen LogP contribution is -2.36. The van der Waals surface area contributed by atoms with Crippen molar-refractivity contribution in [1.82, 2.24) is 21.3 Å². The Hall–Kier alpha value is -1.21. The molecule has 2 fully saturated rings. The molecule has 280 valence electrons. The number of carbonyl (C=O) groups is 3. The highest BCUT2D eigenvalue weighted by molar-refractivity contribution is 8.00. The molecule has 2 saturated heterocycles. The Morgan fingerprint density at radius 3 is 1.60 bits per heavy atom. The van der Waals surface area contributed by atoms with Gasteiger partial charge in [-0.1, -0.05) is 77.0 Å². The van der Waals surface area contributed by atoms with Gasteiger partial charge < -0.3 is 35.5 Å². The Kier molecular flexibility index (Phi) is 27.4. The highest BCUT2D eigenvalue weighted by Crippen LogP contribution is 2.33. The van der Waals surface area contributed by atoms with Crippen molar-refractivity contribution in [2.24, 2.45) is 0 Å². The molecular weight excluding hydrogens is 649 g/mol. The summed E-state index contributed by atoms with van der Waals surface area (Å²) in [6.45, 7) is 4.57. The fourth-order valence-electron chi connectivity index (χ4n) is 6.14. The van der Waals surface area contributed by atoms with Crippen molar-refractivity contribution in [3.63, 3.8) is 0 Å². The van der Waals surface area contributed by atoms with Crippen LogP contribution in [0.15, 0.2) is 0 Å². The molecule has 0 spiro atoms. The van der Waals surface area contributed by atoms with E-state index in [1.165, 1.54) is 70.6 Å². The van der Waals surface area contributed by atoms with Gasteiger partial charge in [0.25, 0.3) is 0 Å². The van der Waals surface area contributed by atoms with Crippen LogP contribution in [0.5, 0.6) is 0 Å². The molecule has 0 aromatic heterocycles. The standard InChI is InChI=1S/C36H68N4O6S2/c41-33(19-12-10-8-6-4-2-1-3-5-7-9-11-15-29-47)37-21-16-23-44-25-27-46-28-26-45-24-17-22-38-34(42)20-14-13-18-32-35-31(30-48-32)39-36(43)40-35/h31-32,35,47H,1-30H2,(H,37,41)(H,38,42)(H2,39,40,43)/t31-,32-,35-/m0/s1. The lowest BCUT2D eigenvalue weighted by Gasteiger charge is -2.16. The third kappa shape index (κ3) is 23.2. The van der Waals surface area contributed by atoms with Crippen molar-refractivity contribution >= 4 is 42.2 Å². The molecule has 10 nitrogen and oxygen atoms in total. The maximum Gasteiger partial charge on any atom is 0.315 e. The summed E-state index contributed by atoms with van der Waals surface area (Å²) >= 11 is 6.18. The van der Waals surface area contributed by atoms with Crippen molar-refractivity contribution in [2.75, 3.05) is 64.2 Å². The van der Waals surface area contributed by atoms with Crippen LogP contribution in [-0.4, -0.2) is 99.4 Å². The minimum absolute atomic E-state index is 0.0502. The summed E-state index contributed by atoms with van der Waals surface area (Å²) in [5, 5.41) is 12.4. The summed E-state index contributed by atoms with van der Waals surface area (Å²) in [5.74, 6) is 2.24. The van der Waals surface area contributed by atoms with E-state index in [4.69, 9.17) is 14.2 Å². The zero-order chi connectivity index (χ0) is 34.3. The largest absolute Gasteiger partial charge is 0.379 e. The number of thioether (sulfide) groups is 1. The fraction of sp³-hybridized carbons (Fsp3) is 0.917. The van der Waals surface area contributed by atoms with Gasteiger partial charge in [0.05, 0.1) is 38.5 Å². The summed E-state index contributed by atoms with van der Waals surface area (Å²) in [6, 6.07) is 0.443. The predicted octanol–water partition coefficient (Wildman–Crippen LogP) is 6.17. The first-order valence-corrected chi connectivity index (χ1v) is 20.8. The molecule has 12 heteroatoms. The Bertz CT molecular complexity index is 827. The number of amides is 4. The monoisotopic (exact) mass is 716 g/mol. The van der Waals surface area contributed by atoms with Gasteiger partial charge in [-0.05, 0) is 44.3 Å². The third-order valence-corrected chi connectivity index (χ3v) is 10.8. The van der Waals surface area contributed by atoms with E-state index in [9.17, 15) is 14.4 Å². The quantitative estimate of drug-likeness (QED) is 0.0307. The lowest BCUT2D eigenvalue weighted by molar-refractivity contribution is -0.122. The molecule has 2 rings (SSSR count). The zero-order valence-electron chi connectivity index (χ0n) is 29.8. The molecule has 48 heavy (non-hydrogen) atoms. The molecule has 0 aromatic rings. The van der Waals surface area contributed by atoms with Crippen molar-refractivity contribution in [1.29, 1.82) is 0 Å². The maximum absolute atomic E-state index is 12.1. The number of urea groups is 1. The second-order valence-electron chi connectivity index (χ2n) is 13.2. The van der Waals surface area contributed by atoms with Crippen LogP contribution in [-0.2, 0) is 23.8 Å². The highest BCUT2D eigenvalue weighted by Gasteiger charge is 2.42. The van der Waals surface area contributed by atoms with E-state index >= 15 is 0 Å². The third-order valence-electron chi connectivity index (χ3n) is 8.96.